The number of benzene rings is 1. The van der Waals surface area contributed by atoms with E-state index in [0.29, 0.717) is 0 Å². The SMILES string of the molecule is C=C[C@@H](CO)[C@@H](O)c1ccccc1.[Ac]. The average Bonchev–Trinajstić information content (AvgIpc) is 2.21. The minimum atomic E-state index is -0.663. The summed E-state index contributed by atoms with van der Waals surface area (Å²) in [6, 6.07) is 9.26. The Labute approximate surface area is 120 Å². The zero-order valence-electron chi connectivity index (χ0n) is 8.00. The van der Waals surface area contributed by atoms with Crippen LogP contribution in [0.15, 0.2) is 43.0 Å². The normalized spacial score (nSPS) is 13.9. The molecule has 2 N–H and O–H groups in total. The number of aliphatic hydroxyl groups is 2. The quantitative estimate of drug-likeness (QED) is 0.746. The molecular weight excluding hydrogens is 391 g/mol. The molecule has 0 saturated heterocycles. The molecule has 0 aliphatic heterocycles. The van der Waals surface area contributed by atoms with Gasteiger partial charge in [-0.25, -0.2) is 0 Å². The van der Waals surface area contributed by atoms with Crippen molar-refractivity contribution in [3.05, 3.63) is 48.6 Å². The molecule has 3 heteroatoms. The predicted octanol–water partition coefficient (Wildman–Crippen LogP) is 1.51. The third-order valence-corrected chi connectivity index (χ3v) is 2.06. The fourth-order valence-corrected chi connectivity index (χ4v) is 1.20. The van der Waals surface area contributed by atoms with Gasteiger partial charge >= 0.3 is 0 Å². The van der Waals surface area contributed by atoms with Gasteiger partial charge in [-0.3, -0.25) is 0 Å². The van der Waals surface area contributed by atoms with Crippen LogP contribution in [0.3, 0.4) is 0 Å². The Morgan fingerprint density at radius 1 is 1.29 bits per heavy atom. The maximum atomic E-state index is 9.75. The van der Waals surface area contributed by atoms with E-state index in [1.54, 1.807) is 6.08 Å². The van der Waals surface area contributed by atoms with Gasteiger partial charge in [0.25, 0.3) is 0 Å². The van der Waals surface area contributed by atoms with Crippen LogP contribution >= 0.6 is 0 Å². The first kappa shape index (κ1) is 14.3. The van der Waals surface area contributed by atoms with E-state index in [4.69, 9.17) is 5.11 Å². The molecule has 73 valence electrons. The van der Waals surface area contributed by atoms with Gasteiger partial charge in [-0.1, -0.05) is 36.4 Å². The second-order valence-corrected chi connectivity index (χ2v) is 2.94. The van der Waals surface area contributed by atoms with Crippen molar-refractivity contribution in [2.24, 2.45) is 5.92 Å². The van der Waals surface area contributed by atoms with Gasteiger partial charge < -0.3 is 10.2 Å². The van der Waals surface area contributed by atoms with E-state index in [-0.39, 0.29) is 56.6 Å². The summed E-state index contributed by atoms with van der Waals surface area (Å²) in [5.41, 5.74) is 0.807. The average molecular weight is 405 g/mol. The van der Waals surface area contributed by atoms with Crippen LogP contribution in [-0.4, -0.2) is 16.8 Å². The van der Waals surface area contributed by atoms with Gasteiger partial charge in [-0.05, 0) is 5.56 Å². The fraction of sp³-hybridized carbons (Fsp3) is 0.273. The Kier molecular flexibility index (Phi) is 7.77. The Bertz CT molecular complexity index is 261. The second kappa shape index (κ2) is 7.59. The van der Waals surface area contributed by atoms with E-state index in [1.165, 1.54) is 0 Å². The van der Waals surface area contributed by atoms with E-state index in [0.717, 1.165) is 5.56 Å². The van der Waals surface area contributed by atoms with Crippen molar-refractivity contribution in [3.63, 3.8) is 0 Å². The van der Waals surface area contributed by atoms with Gasteiger partial charge in [-0.15, -0.1) is 6.58 Å². The molecule has 0 aliphatic carbocycles. The van der Waals surface area contributed by atoms with Crippen molar-refractivity contribution in [2.45, 2.75) is 6.10 Å². The van der Waals surface area contributed by atoms with Crippen molar-refractivity contribution >= 4 is 0 Å². The molecule has 1 aromatic carbocycles. The molecule has 1 radical (unpaired) electrons. The molecule has 0 saturated carbocycles. The molecule has 0 bridgehead atoms. The number of aliphatic hydroxyl groups excluding tert-OH is 2. The van der Waals surface area contributed by atoms with Crippen LogP contribution < -0.4 is 0 Å². The van der Waals surface area contributed by atoms with Gasteiger partial charge in [0.2, 0.25) is 0 Å². The molecule has 0 amide bonds. The van der Waals surface area contributed by atoms with E-state index in [2.05, 4.69) is 6.58 Å². The van der Waals surface area contributed by atoms with Crippen molar-refractivity contribution in [1.29, 1.82) is 0 Å². The van der Waals surface area contributed by atoms with E-state index >= 15 is 0 Å². The molecule has 0 heterocycles. The van der Waals surface area contributed by atoms with Crippen molar-refractivity contribution < 1.29 is 54.3 Å². The maximum absolute atomic E-state index is 9.75. The van der Waals surface area contributed by atoms with Crippen LogP contribution in [0.25, 0.3) is 0 Å². The van der Waals surface area contributed by atoms with Gasteiger partial charge in [0.05, 0.1) is 12.7 Å². The zero-order valence-corrected chi connectivity index (χ0v) is 12.8. The van der Waals surface area contributed by atoms with Gasteiger partial charge in [-0.2, -0.15) is 0 Å². The first-order valence-electron chi connectivity index (χ1n) is 4.26. The minimum Gasteiger partial charge on any atom is -0.396 e. The second-order valence-electron chi connectivity index (χ2n) is 2.94. The van der Waals surface area contributed by atoms with Crippen LogP contribution in [0.5, 0.6) is 0 Å². The minimum absolute atomic E-state index is 0. The first-order chi connectivity index (χ1) is 6.29. The van der Waals surface area contributed by atoms with E-state index in [9.17, 15) is 5.11 Å². The maximum Gasteiger partial charge on any atom is 0.0874 e. The van der Waals surface area contributed by atoms with Crippen LogP contribution in [0.2, 0.25) is 0 Å². The molecular formula is C11H14AcO2. The summed E-state index contributed by atoms with van der Waals surface area (Å²) < 4.78 is 0. The zero-order chi connectivity index (χ0) is 9.68. The smallest absolute Gasteiger partial charge is 0.0874 e. The summed E-state index contributed by atoms with van der Waals surface area (Å²) in [6.07, 6.45) is 0.904. The molecule has 1 aromatic rings. The molecule has 0 spiro atoms. The van der Waals surface area contributed by atoms with Gasteiger partial charge in [0, 0.05) is 50.0 Å². The van der Waals surface area contributed by atoms with Crippen molar-refractivity contribution in [1.82, 2.24) is 0 Å². The summed E-state index contributed by atoms with van der Waals surface area (Å²) in [5.74, 6) is -0.289. The fourth-order valence-electron chi connectivity index (χ4n) is 1.20. The summed E-state index contributed by atoms with van der Waals surface area (Å²) in [4.78, 5) is 0. The monoisotopic (exact) mass is 405 g/mol. The largest absolute Gasteiger partial charge is 0.396 e. The Morgan fingerprint density at radius 3 is 2.29 bits per heavy atom. The summed E-state index contributed by atoms with van der Waals surface area (Å²) in [6.45, 7) is 3.47. The Balaban J connectivity index is 0.00000169. The van der Waals surface area contributed by atoms with Crippen LogP contribution in [0.4, 0.5) is 0 Å². The van der Waals surface area contributed by atoms with E-state index < -0.39 is 6.10 Å². The standard InChI is InChI=1S/C11H14O2.Ac/c1-2-9(8-12)11(13)10-6-4-3-5-7-10;/h2-7,9,11-13H,1,8H2;/t9-,11+;/m0./s1. The molecule has 1 rings (SSSR count). The first-order valence-corrected chi connectivity index (χ1v) is 4.26. The van der Waals surface area contributed by atoms with Crippen molar-refractivity contribution in [3.8, 4) is 0 Å². The number of hydrogen-bond donors (Lipinski definition) is 2. The number of hydrogen-bond acceptors (Lipinski definition) is 2. The van der Waals surface area contributed by atoms with Crippen LogP contribution in [0, 0.1) is 50.0 Å². The van der Waals surface area contributed by atoms with E-state index in [1.807, 2.05) is 30.3 Å². The molecule has 2 atom stereocenters. The van der Waals surface area contributed by atoms with Gasteiger partial charge in [0.15, 0.2) is 0 Å². The number of rotatable bonds is 4. The Hall–Kier alpha value is 0.322. The predicted molar refractivity (Wildman–Crippen MR) is 52.2 cm³/mol. The van der Waals surface area contributed by atoms with Crippen LogP contribution in [-0.2, 0) is 0 Å². The topological polar surface area (TPSA) is 40.5 Å². The van der Waals surface area contributed by atoms with Crippen molar-refractivity contribution in [2.75, 3.05) is 6.61 Å². The summed E-state index contributed by atoms with van der Waals surface area (Å²) >= 11 is 0. The third kappa shape index (κ3) is 3.82. The molecule has 0 aromatic heterocycles. The Morgan fingerprint density at radius 2 is 1.86 bits per heavy atom. The summed E-state index contributed by atoms with van der Waals surface area (Å²) in [5, 5.41) is 18.7. The molecule has 0 fully saturated rings. The summed E-state index contributed by atoms with van der Waals surface area (Å²) in [7, 11) is 0. The van der Waals surface area contributed by atoms with Gasteiger partial charge in [0.1, 0.15) is 0 Å². The molecule has 2 nitrogen and oxygen atoms in total. The third-order valence-electron chi connectivity index (χ3n) is 2.06. The van der Waals surface area contributed by atoms with Crippen LogP contribution in [0.1, 0.15) is 11.7 Å². The molecule has 0 aliphatic rings. The molecule has 14 heavy (non-hydrogen) atoms. The molecule has 0 unspecified atom stereocenters.